The van der Waals surface area contributed by atoms with Gasteiger partial charge in [0.25, 0.3) is 0 Å². The van der Waals surface area contributed by atoms with Gasteiger partial charge in [-0.2, -0.15) is 0 Å². The molecule has 8 unspecified atom stereocenters. The van der Waals surface area contributed by atoms with E-state index in [1.165, 1.54) is 0 Å². The zero-order valence-electron chi connectivity index (χ0n) is 21.3. The van der Waals surface area contributed by atoms with Crippen LogP contribution in [0.25, 0.3) is 0 Å². The van der Waals surface area contributed by atoms with Gasteiger partial charge in [0.15, 0.2) is 0 Å². The van der Waals surface area contributed by atoms with Gasteiger partial charge in [-0.05, 0) is 56.9 Å². The zero-order chi connectivity index (χ0) is 25.8. The SMILES string of the molecule is C=C1COC(CCC(=O)CCC(O)[C@@H]2OC3CCC(CC(=O)CC4CCO[C@H]4C)OC3C(O)C2O)C1. The molecule has 0 bridgehead atoms. The summed E-state index contributed by atoms with van der Waals surface area (Å²) in [6, 6.07) is 0. The summed E-state index contributed by atoms with van der Waals surface area (Å²) >= 11 is 0. The first kappa shape index (κ1) is 27.8. The predicted octanol–water partition coefficient (Wildman–Crippen LogP) is 1.63. The number of fused-ring (bicyclic) bond motifs is 1. The molecule has 4 aliphatic heterocycles. The Bertz CT molecular complexity index is 783. The molecule has 0 spiro atoms. The Hall–Kier alpha value is -1.20. The number of Topliss-reactive ketones (excluding diaryl/α,β-unsaturated/α-hetero) is 2. The largest absolute Gasteiger partial charge is 0.390 e. The Morgan fingerprint density at radius 2 is 1.81 bits per heavy atom. The van der Waals surface area contributed by atoms with E-state index >= 15 is 0 Å². The number of carbonyl (C=O) groups is 2. The average molecular weight is 511 g/mol. The van der Waals surface area contributed by atoms with Crippen molar-refractivity contribution < 1.29 is 43.9 Å². The first-order valence-corrected chi connectivity index (χ1v) is 13.5. The molecule has 4 saturated heterocycles. The van der Waals surface area contributed by atoms with E-state index in [0.717, 1.165) is 18.4 Å². The summed E-state index contributed by atoms with van der Waals surface area (Å²) < 4.78 is 23.1. The molecule has 36 heavy (non-hydrogen) atoms. The highest BCUT2D eigenvalue weighted by Crippen LogP contribution is 2.35. The van der Waals surface area contributed by atoms with Crippen LogP contribution >= 0.6 is 0 Å². The molecule has 3 N–H and O–H groups in total. The molecule has 0 aromatic rings. The molecule has 4 heterocycles. The first-order valence-electron chi connectivity index (χ1n) is 13.5. The van der Waals surface area contributed by atoms with Gasteiger partial charge in [0.05, 0.1) is 37.1 Å². The van der Waals surface area contributed by atoms with E-state index < -0.39 is 36.6 Å². The molecule has 0 radical (unpaired) electrons. The Balaban J connectivity index is 1.20. The van der Waals surface area contributed by atoms with Gasteiger partial charge in [-0.25, -0.2) is 0 Å². The lowest BCUT2D eigenvalue weighted by atomic mass is 9.85. The standard InChI is InChI=1S/C27H42O9/c1-15-11-20(34-14-15)5-3-18(28)4-7-22(30)26-24(31)25(32)27-23(36-26)8-6-21(35-27)13-19(29)12-17-9-10-33-16(17)2/h16-17,20-27,30-32H,1,3-14H2,2H3/t16-,17?,20?,21?,22?,23?,24?,25?,26-,27?/m0/s1. The summed E-state index contributed by atoms with van der Waals surface area (Å²) in [5.74, 6) is 0.380. The molecular formula is C27H42O9. The van der Waals surface area contributed by atoms with Crippen LogP contribution in [0, 0.1) is 5.92 Å². The number of ketones is 2. The van der Waals surface area contributed by atoms with E-state index in [-0.39, 0.29) is 55.1 Å². The van der Waals surface area contributed by atoms with Gasteiger partial charge in [-0.3, -0.25) is 9.59 Å². The minimum atomic E-state index is -1.35. The molecule has 0 aromatic heterocycles. The van der Waals surface area contributed by atoms with Crippen molar-refractivity contribution >= 4 is 11.6 Å². The minimum absolute atomic E-state index is 0.0194. The summed E-state index contributed by atoms with van der Waals surface area (Å²) in [4.78, 5) is 24.9. The number of hydrogen-bond donors (Lipinski definition) is 3. The van der Waals surface area contributed by atoms with Gasteiger partial charge in [0, 0.05) is 32.3 Å². The number of aliphatic hydroxyl groups is 3. The minimum Gasteiger partial charge on any atom is -0.390 e. The summed E-state index contributed by atoms with van der Waals surface area (Å²) in [6.07, 6.45) is -1.25. The van der Waals surface area contributed by atoms with Gasteiger partial charge < -0.3 is 34.3 Å². The van der Waals surface area contributed by atoms with Gasteiger partial charge >= 0.3 is 0 Å². The fourth-order valence-electron chi connectivity index (χ4n) is 5.93. The molecule has 4 aliphatic rings. The molecule has 9 heteroatoms. The molecule has 0 saturated carbocycles. The first-order chi connectivity index (χ1) is 17.2. The van der Waals surface area contributed by atoms with Crippen molar-refractivity contribution in [2.24, 2.45) is 5.92 Å². The van der Waals surface area contributed by atoms with E-state index in [0.29, 0.717) is 45.3 Å². The lowest BCUT2D eigenvalue weighted by Gasteiger charge is -2.47. The van der Waals surface area contributed by atoms with Crippen LogP contribution in [0.4, 0.5) is 0 Å². The van der Waals surface area contributed by atoms with Gasteiger partial charge in [-0.15, -0.1) is 0 Å². The molecular weight excluding hydrogens is 468 g/mol. The number of aliphatic hydroxyl groups excluding tert-OH is 3. The topological polar surface area (TPSA) is 132 Å². The quantitative estimate of drug-likeness (QED) is 0.355. The Morgan fingerprint density at radius 1 is 1.00 bits per heavy atom. The fraction of sp³-hybridized carbons (Fsp3) is 0.852. The van der Waals surface area contributed by atoms with Crippen LogP contribution in [0.15, 0.2) is 12.2 Å². The third-order valence-corrected chi connectivity index (χ3v) is 8.21. The highest BCUT2D eigenvalue weighted by Gasteiger charge is 2.50. The van der Waals surface area contributed by atoms with Crippen molar-refractivity contribution in [2.75, 3.05) is 13.2 Å². The van der Waals surface area contributed by atoms with Gasteiger partial charge in [0.1, 0.15) is 36.0 Å². The third-order valence-electron chi connectivity index (χ3n) is 8.21. The predicted molar refractivity (Wildman–Crippen MR) is 129 cm³/mol. The summed E-state index contributed by atoms with van der Waals surface area (Å²) in [5, 5.41) is 32.1. The Labute approximate surface area is 213 Å². The van der Waals surface area contributed by atoms with E-state index in [4.69, 9.17) is 18.9 Å². The molecule has 0 amide bonds. The number of ether oxygens (including phenoxy) is 4. The van der Waals surface area contributed by atoms with Crippen molar-refractivity contribution in [3.63, 3.8) is 0 Å². The monoisotopic (exact) mass is 510 g/mol. The van der Waals surface area contributed by atoms with Crippen molar-refractivity contribution in [3.8, 4) is 0 Å². The second-order valence-electron chi connectivity index (χ2n) is 11.1. The molecule has 204 valence electrons. The highest BCUT2D eigenvalue weighted by molar-refractivity contribution is 5.79. The lowest BCUT2D eigenvalue weighted by Crippen LogP contribution is -2.63. The second kappa shape index (κ2) is 12.6. The zero-order valence-corrected chi connectivity index (χ0v) is 21.3. The number of rotatable bonds is 11. The summed E-state index contributed by atoms with van der Waals surface area (Å²) in [7, 11) is 0. The van der Waals surface area contributed by atoms with Crippen LogP contribution in [0.5, 0.6) is 0 Å². The maximum Gasteiger partial charge on any atom is 0.135 e. The van der Waals surface area contributed by atoms with Gasteiger partial charge in [-0.1, -0.05) is 6.58 Å². The summed E-state index contributed by atoms with van der Waals surface area (Å²) in [6.45, 7) is 7.13. The third kappa shape index (κ3) is 7.01. The van der Waals surface area contributed by atoms with E-state index in [9.17, 15) is 24.9 Å². The van der Waals surface area contributed by atoms with Crippen LogP contribution in [-0.2, 0) is 28.5 Å². The Morgan fingerprint density at radius 3 is 2.50 bits per heavy atom. The lowest BCUT2D eigenvalue weighted by molar-refractivity contribution is -0.277. The average Bonchev–Trinajstić information content (AvgIpc) is 3.46. The maximum atomic E-state index is 12.6. The highest BCUT2D eigenvalue weighted by atomic mass is 16.6. The van der Waals surface area contributed by atoms with Crippen LogP contribution < -0.4 is 0 Å². The number of hydrogen-bond acceptors (Lipinski definition) is 9. The van der Waals surface area contributed by atoms with Gasteiger partial charge in [0.2, 0.25) is 0 Å². The smallest absolute Gasteiger partial charge is 0.135 e. The molecule has 0 aliphatic carbocycles. The maximum absolute atomic E-state index is 12.6. The normalized spacial score (nSPS) is 39.7. The van der Waals surface area contributed by atoms with E-state index in [1.807, 2.05) is 6.92 Å². The van der Waals surface area contributed by atoms with Crippen LogP contribution in [0.1, 0.15) is 71.1 Å². The number of carbonyl (C=O) groups excluding carboxylic acids is 2. The van der Waals surface area contributed by atoms with Crippen LogP contribution in [0.3, 0.4) is 0 Å². The second-order valence-corrected chi connectivity index (χ2v) is 11.1. The fourth-order valence-corrected chi connectivity index (χ4v) is 5.93. The van der Waals surface area contributed by atoms with E-state index in [1.54, 1.807) is 0 Å². The molecule has 9 nitrogen and oxygen atoms in total. The van der Waals surface area contributed by atoms with E-state index in [2.05, 4.69) is 6.58 Å². The van der Waals surface area contributed by atoms with Crippen molar-refractivity contribution in [1.29, 1.82) is 0 Å². The van der Waals surface area contributed by atoms with Crippen LogP contribution in [0.2, 0.25) is 0 Å². The Kier molecular flexibility index (Phi) is 9.71. The van der Waals surface area contributed by atoms with Crippen molar-refractivity contribution in [3.05, 3.63) is 12.2 Å². The van der Waals surface area contributed by atoms with Crippen molar-refractivity contribution in [1.82, 2.24) is 0 Å². The molecule has 4 fully saturated rings. The molecule has 0 aromatic carbocycles. The van der Waals surface area contributed by atoms with Crippen molar-refractivity contribution in [2.45, 2.75) is 126 Å². The molecule has 10 atom stereocenters. The summed E-state index contributed by atoms with van der Waals surface area (Å²) in [5.41, 5.74) is 1.04. The molecule has 4 rings (SSSR count). The van der Waals surface area contributed by atoms with Crippen LogP contribution in [-0.4, -0.2) is 95.0 Å².